The van der Waals surface area contributed by atoms with Gasteiger partial charge in [-0.2, -0.15) is 0 Å². The largest absolute Gasteiger partial charge is 0.466 e. The van der Waals surface area contributed by atoms with E-state index < -0.39 is 0 Å². The lowest BCUT2D eigenvalue weighted by Crippen LogP contribution is -2.29. The fourth-order valence-electron chi connectivity index (χ4n) is 5.41. The van der Waals surface area contributed by atoms with Crippen LogP contribution in [0.2, 0.25) is 0 Å². The minimum absolute atomic E-state index is 0.00315. The van der Waals surface area contributed by atoms with E-state index in [4.69, 9.17) is 4.74 Å². The van der Waals surface area contributed by atoms with Crippen LogP contribution in [0.15, 0.2) is 67.0 Å². The summed E-state index contributed by atoms with van der Waals surface area (Å²) in [4.78, 5) is 34.8. The second kappa shape index (κ2) is 11.1. The molecule has 1 amide bonds. The number of fused-ring (bicyclic) bond motifs is 2. The number of nitrogens with zero attached hydrogens (tertiary/aromatic N) is 2. The van der Waals surface area contributed by atoms with Gasteiger partial charge in [0.25, 0.3) is 5.91 Å². The third-order valence-corrected chi connectivity index (χ3v) is 7.38. The molecule has 2 heterocycles. The van der Waals surface area contributed by atoms with E-state index in [1.807, 2.05) is 6.07 Å². The van der Waals surface area contributed by atoms with E-state index in [-0.39, 0.29) is 17.9 Å². The van der Waals surface area contributed by atoms with Crippen molar-refractivity contribution in [1.82, 2.24) is 19.8 Å². The number of nitrogens with one attached hydrogen (secondary N) is 2. The van der Waals surface area contributed by atoms with Gasteiger partial charge in [0.2, 0.25) is 0 Å². The number of aromatic amines is 2. The van der Waals surface area contributed by atoms with Gasteiger partial charge in [0.15, 0.2) is 0 Å². The topological polar surface area (TPSA) is 81.4 Å². The van der Waals surface area contributed by atoms with Crippen LogP contribution in [0, 0.1) is 0 Å². The van der Waals surface area contributed by atoms with Crippen LogP contribution in [0.25, 0.3) is 17.0 Å². The highest BCUT2D eigenvalue weighted by Crippen LogP contribution is 2.37. The number of esters is 1. The smallest absolute Gasteiger partial charge is 0.330 e. The summed E-state index contributed by atoms with van der Waals surface area (Å²) in [6, 6.07) is 17.1. The maximum Gasteiger partial charge on any atom is 0.330 e. The number of carbonyl (C=O) groups excluding carboxylic acids is 2. The van der Waals surface area contributed by atoms with Crippen LogP contribution in [0.4, 0.5) is 0 Å². The summed E-state index contributed by atoms with van der Waals surface area (Å²) in [5.74, 6) is -0.360. The molecule has 1 aliphatic rings. The molecule has 7 heteroatoms. The molecule has 5 rings (SSSR count). The van der Waals surface area contributed by atoms with Crippen molar-refractivity contribution >= 4 is 28.9 Å². The summed E-state index contributed by atoms with van der Waals surface area (Å²) in [5.41, 5.74) is 7.81. The first-order chi connectivity index (χ1) is 18.4. The minimum atomic E-state index is -0.357. The van der Waals surface area contributed by atoms with Crippen molar-refractivity contribution in [1.29, 1.82) is 0 Å². The maximum atomic E-state index is 12.5. The summed E-state index contributed by atoms with van der Waals surface area (Å²) in [7, 11) is 4.92. The molecule has 0 bridgehead atoms. The van der Waals surface area contributed by atoms with Crippen LogP contribution in [-0.2, 0) is 28.9 Å². The predicted octanol–water partition coefficient (Wildman–Crippen LogP) is 5.12. The molecule has 0 fully saturated rings. The van der Waals surface area contributed by atoms with Crippen molar-refractivity contribution in [3.8, 4) is 0 Å². The van der Waals surface area contributed by atoms with Crippen molar-refractivity contribution in [2.24, 2.45) is 0 Å². The van der Waals surface area contributed by atoms with Gasteiger partial charge >= 0.3 is 5.97 Å². The van der Waals surface area contributed by atoms with Crippen LogP contribution in [0.3, 0.4) is 0 Å². The lowest BCUT2D eigenvalue weighted by molar-refractivity contribution is -0.134. The Kier molecular flexibility index (Phi) is 7.47. The number of rotatable bonds is 9. The molecule has 4 aromatic rings. The van der Waals surface area contributed by atoms with Crippen molar-refractivity contribution < 1.29 is 14.3 Å². The summed E-state index contributed by atoms with van der Waals surface area (Å²) in [5, 5.41) is 1.26. The third-order valence-electron chi connectivity index (χ3n) is 7.38. The van der Waals surface area contributed by atoms with E-state index in [0.29, 0.717) is 5.56 Å². The van der Waals surface area contributed by atoms with Crippen molar-refractivity contribution in [3.05, 3.63) is 101 Å². The van der Waals surface area contributed by atoms with E-state index >= 15 is 0 Å². The number of hydrogen-bond acceptors (Lipinski definition) is 4. The second-order valence-corrected chi connectivity index (χ2v) is 10.1. The lowest BCUT2D eigenvalue weighted by atomic mass is 10.0. The predicted molar refractivity (Wildman–Crippen MR) is 150 cm³/mol. The molecule has 0 radical (unpaired) electrons. The zero-order chi connectivity index (χ0) is 26.6. The van der Waals surface area contributed by atoms with E-state index in [2.05, 4.69) is 63.5 Å². The number of ether oxygens (including phenoxy) is 1. The molecule has 2 N–H and O–H groups in total. The molecule has 38 heavy (non-hydrogen) atoms. The number of carbonyl (C=O) groups is 2. The molecular weight excluding hydrogens is 476 g/mol. The van der Waals surface area contributed by atoms with Gasteiger partial charge in [0.05, 0.1) is 12.7 Å². The van der Waals surface area contributed by atoms with Gasteiger partial charge < -0.3 is 19.6 Å². The number of benzene rings is 2. The van der Waals surface area contributed by atoms with E-state index in [1.165, 1.54) is 35.3 Å². The van der Waals surface area contributed by atoms with Crippen molar-refractivity contribution in [2.75, 3.05) is 27.7 Å². The maximum absolute atomic E-state index is 12.5. The standard InChI is InChI=1S/C31H34N4O3/c1-34(2)31(37)24-17-25(32-19-24)20-35(15-14-23-18-33-28-7-5-4-6-26(23)28)29-12-10-22-16-21(8-11-27(22)29)9-13-30(36)38-3/h4-9,11,13,16-19,29,32-33H,10,12,14-15,20H2,1-3H3. The van der Waals surface area contributed by atoms with Gasteiger partial charge in [-0.3, -0.25) is 9.69 Å². The fraction of sp³-hybridized carbons (Fsp3) is 0.290. The summed E-state index contributed by atoms with van der Waals surface area (Å²) >= 11 is 0. The Labute approximate surface area is 223 Å². The first kappa shape index (κ1) is 25.5. The average Bonchev–Trinajstić information content (AvgIpc) is 3.67. The molecule has 2 aromatic heterocycles. The monoisotopic (exact) mass is 510 g/mol. The molecule has 0 saturated carbocycles. The highest BCUT2D eigenvalue weighted by Gasteiger charge is 2.28. The van der Waals surface area contributed by atoms with Crippen LogP contribution in [-0.4, -0.2) is 59.4 Å². The molecule has 1 atom stereocenters. The highest BCUT2D eigenvalue weighted by molar-refractivity contribution is 5.93. The quantitative estimate of drug-likeness (QED) is 0.242. The van der Waals surface area contributed by atoms with E-state index in [9.17, 15) is 9.59 Å². The molecule has 0 spiro atoms. The highest BCUT2D eigenvalue weighted by atomic mass is 16.5. The lowest BCUT2D eigenvalue weighted by Gasteiger charge is -2.29. The van der Waals surface area contributed by atoms with Gasteiger partial charge in [-0.05, 0) is 59.7 Å². The Hall–Kier alpha value is -4.10. The molecule has 0 aliphatic heterocycles. The molecule has 2 aromatic carbocycles. The number of aryl methyl sites for hydroxylation is 1. The fourth-order valence-corrected chi connectivity index (χ4v) is 5.41. The van der Waals surface area contributed by atoms with Crippen molar-refractivity contribution in [3.63, 3.8) is 0 Å². The molecule has 0 saturated heterocycles. The molecule has 196 valence electrons. The molecule has 1 unspecified atom stereocenters. The SMILES string of the molecule is COC(=O)C=Cc1ccc2c(c1)CCC2N(CCc1c[nH]c2ccccc12)Cc1cc(C(=O)N(C)C)c[nH]1. The first-order valence-corrected chi connectivity index (χ1v) is 13.0. The van der Waals surface area contributed by atoms with Gasteiger partial charge in [0, 0.05) is 68.3 Å². The van der Waals surface area contributed by atoms with Crippen LogP contribution in [0.1, 0.15) is 50.8 Å². The second-order valence-electron chi connectivity index (χ2n) is 10.1. The molecule has 7 nitrogen and oxygen atoms in total. The Balaban J connectivity index is 1.40. The minimum Gasteiger partial charge on any atom is -0.466 e. The summed E-state index contributed by atoms with van der Waals surface area (Å²) < 4.78 is 4.72. The molecular formula is C31H34N4O3. The molecule has 1 aliphatic carbocycles. The van der Waals surface area contributed by atoms with E-state index in [0.717, 1.165) is 49.1 Å². The number of aromatic nitrogens is 2. The number of methoxy groups -OCH3 is 1. The zero-order valence-corrected chi connectivity index (χ0v) is 22.2. The van der Waals surface area contributed by atoms with Gasteiger partial charge in [-0.15, -0.1) is 0 Å². The van der Waals surface area contributed by atoms with Gasteiger partial charge in [0.1, 0.15) is 0 Å². The normalized spacial score (nSPS) is 14.9. The Bertz CT molecular complexity index is 1480. The number of hydrogen-bond donors (Lipinski definition) is 2. The zero-order valence-electron chi connectivity index (χ0n) is 22.2. The van der Waals surface area contributed by atoms with E-state index in [1.54, 1.807) is 31.3 Å². The van der Waals surface area contributed by atoms with Crippen molar-refractivity contribution in [2.45, 2.75) is 31.8 Å². The average molecular weight is 511 g/mol. The number of H-pyrrole nitrogens is 2. The summed E-state index contributed by atoms with van der Waals surface area (Å²) in [6.07, 6.45) is 10.1. The van der Waals surface area contributed by atoms with Crippen LogP contribution < -0.4 is 0 Å². The Morgan fingerprint density at radius 1 is 1.08 bits per heavy atom. The first-order valence-electron chi connectivity index (χ1n) is 13.0. The number of amides is 1. The summed E-state index contributed by atoms with van der Waals surface area (Å²) in [6.45, 7) is 1.60. The van der Waals surface area contributed by atoms with Crippen LogP contribution >= 0.6 is 0 Å². The Morgan fingerprint density at radius 3 is 2.74 bits per heavy atom. The van der Waals surface area contributed by atoms with Gasteiger partial charge in [-0.25, -0.2) is 4.79 Å². The van der Waals surface area contributed by atoms with Crippen LogP contribution in [0.5, 0.6) is 0 Å². The third kappa shape index (κ3) is 5.43. The Morgan fingerprint density at radius 2 is 1.92 bits per heavy atom. The number of para-hydroxylation sites is 1. The van der Waals surface area contributed by atoms with Gasteiger partial charge in [-0.1, -0.05) is 36.4 Å².